The van der Waals surface area contributed by atoms with E-state index in [1.54, 1.807) is 22.6 Å². The largest absolute Gasteiger partial charge is 0.291 e. The van der Waals surface area contributed by atoms with Gasteiger partial charge in [-0.05, 0) is 36.8 Å². The van der Waals surface area contributed by atoms with E-state index in [2.05, 4.69) is 11.1 Å². The van der Waals surface area contributed by atoms with E-state index in [-0.39, 0.29) is 0 Å². The first kappa shape index (κ1) is 13.0. The first-order valence-electron chi connectivity index (χ1n) is 5.95. The van der Waals surface area contributed by atoms with Crippen molar-refractivity contribution >= 4 is 28.8 Å². The van der Waals surface area contributed by atoms with Gasteiger partial charge in [0.15, 0.2) is 5.69 Å². The second-order valence-electron chi connectivity index (χ2n) is 4.43. The van der Waals surface area contributed by atoms with Crippen LogP contribution in [0.2, 0.25) is 10.0 Å². The maximum Gasteiger partial charge on any atom is 0.152 e. The zero-order valence-electron chi connectivity index (χ0n) is 10.6. The standard InChI is InChI=1S/C15H9Cl2N3/c1-9-3-2-6-20-13(8-18)14(19-15(9)20)11-5-4-10(16)7-12(11)17/h2-7H,1H3. The van der Waals surface area contributed by atoms with E-state index < -0.39 is 0 Å². The van der Waals surface area contributed by atoms with Crippen LogP contribution in [-0.4, -0.2) is 9.38 Å². The molecule has 1 aromatic carbocycles. The lowest BCUT2D eigenvalue weighted by Gasteiger charge is -2.01. The Morgan fingerprint density at radius 3 is 2.75 bits per heavy atom. The van der Waals surface area contributed by atoms with E-state index in [1.165, 1.54) is 0 Å². The molecule has 0 bridgehead atoms. The summed E-state index contributed by atoms with van der Waals surface area (Å²) < 4.78 is 1.77. The number of imidazole rings is 1. The van der Waals surface area contributed by atoms with Crippen LogP contribution in [0.3, 0.4) is 0 Å². The maximum absolute atomic E-state index is 9.42. The Balaban J connectivity index is 2.37. The Morgan fingerprint density at radius 1 is 1.25 bits per heavy atom. The van der Waals surface area contributed by atoms with Crippen LogP contribution in [-0.2, 0) is 0 Å². The summed E-state index contributed by atoms with van der Waals surface area (Å²) in [5.41, 5.74) is 3.50. The van der Waals surface area contributed by atoms with E-state index >= 15 is 0 Å². The lowest BCUT2D eigenvalue weighted by atomic mass is 10.1. The molecular formula is C15H9Cl2N3. The number of nitrogens with zero attached hydrogens (tertiary/aromatic N) is 3. The SMILES string of the molecule is Cc1cccn2c(C#N)c(-c3ccc(Cl)cc3Cl)nc12. The second kappa shape index (κ2) is 4.82. The predicted octanol–water partition coefficient (Wildman–Crippen LogP) is 4.49. The van der Waals surface area contributed by atoms with Crippen LogP contribution in [0, 0.1) is 18.3 Å². The summed E-state index contributed by atoms with van der Waals surface area (Å²) >= 11 is 12.1. The zero-order chi connectivity index (χ0) is 14.3. The number of aryl methyl sites for hydroxylation is 1. The molecule has 0 fully saturated rings. The normalized spacial score (nSPS) is 10.7. The van der Waals surface area contributed by atoms with Gasteiger partial charge in [0, 0.05) is 16.8 Å². The van der Waals surface area contributed by atoms with Crippen molar-refractivity contribution in [2.75, 3.05) is 0 Å². The summed E-state index contributed by atoms with van der Waals surface area (Å²) in [5, 5.41) is 10.5. The Morgan fingerprint density at radius 2 is 2.05 bits per heavy atom. The van der Waals surface area contributed by atoms with E-state index in [0.717, 1.165) is 11.2 Å². The highest BCUT2D eigenvalue weighted by atomic mass is 35.5. The van der Waals surface area contributed by atoms with E-state index in [0.29, 0.717) is 27.0 Å². The van der Waals surface area contributed by atoms with Gasteiger partial charge in [0.2, 0.25) is 0 Å². The molecule has 3 aromatic rings. The summed E-state index contributed by atoms with van der Waals surface area (Å²) in [5.74, 6) is 0. The van der Waals surface area contributed by atoms with Crippen molar-refractivity contribution in [1.82, 2.24) is 9.38 Å². The van der Waals surface area contributed by atoms with Crippen LogP contribution in [0.5, 0.6) is 0 Å². The zero-order valence-corrected chi connectivity index (χ0v) is 12.1. The Kier molecular flexibility index (Phi) is 3.13. The summed E-state index contributed by atoms with van der Waals surface area (Å²) in [6.45, 7) is 1.96. The third-order valence-electron chi connectivity index (χ3n) is 3.14. The van der Waals surface area contributed by atoms with Gasteiger partial charge < -0.3 is 0 Å². The molecule has 0 aliphatic heterocycles. The van der Waals surface area contributed by atoms with Gasteiger partial charge in [0.25, 0.3) is 0 Å². The van der Waals surface area contributed by atoms with E-state index in [4.69, 9.17) is 23.2 Å². The Bertz CT molecular complexity index is 859. The molecule has 3 rings (SSSR count). The first-order chi connectivity index (χ1) is 9.61. The molecule has 0 aliphatic rings. The molecule has 0 saturated carbocycles. The van der Waals surface area contributed by atoms with Crippen molar-refractivity contribution in [2.24, 2.45) is 0 Å². The van der Waals surface area contributed by atoms with Crippen LogP contribution < -0.4 is 0 Å². The van der Waals surface area contributed by atoms with Crippen LogP contribution in [0.25, 0.3) is 16.9 Å². The molecule has 3 nitrogen and oxygen atoms in total. The number of aromatic nitrogens is 2. The van der Waals surface area contributed by atoms with Crippen LogP contribution in [0.1, 0.15) is 11.3 Å². The van der Waals surface area contributed by atoms with Gasteiger partial charge in [-0.1, -0.05) is 29.3 Å². The number of pyridine rings is 1. The third-order valence-corrected chi connectivity index (χ3v) is 3.69. The quantitative estimate of drug-likeness (QED) is 0.664. The molecule has 2 heterocycles. The van der Waals surface area contributed by atoms with Crippen molar-refractivity contribution in [3.8, 4) is 17.3 Å². The van der Waals surface area contributed by atoms with Crippen molar-refractivity contribution in [2.45, 2.75) is 6.92 Å². The van der Waals surface area contributed by atoms with Crippen LogP contribution >= 0.6 is 23.2 Å². The maximum atomic E-state index is 9.42. The summed E-state index contributed by atoms with van der Waals surface area (Å²) in [7, 11) is 0. The van der Waals surface area contributed by atoms with Gasteiger partial charge in [-0.25, -0.2) is 4.98 Å². The summed E-state index contributed by atoms with van der Waals surface area (Å²) in [6, 6.07) is 11.2. The summed E-state index contributed by atoms with van der Waals surface area (Å²) in [4.78, 5) is 4.56. The van der Waals surface area contributed by atoms with Gasteiger partial charge in [-0.15, -0.1) is 0 Å². The number of nitriles is 1. The van der Waals surface area contributed by atoms with Crippen molar-refractivity contribution in [3.63, 3.8) is 0 Å². The van der Waals surface area contributed by atoms with Gasteiger partial charge in [-0.2, -0.15) is 5.26 Å². The van der Waals surface area contributed by atoms with Crippen molar-refractivity contribution < 1.29 is 0 Å². The minimum Gasteiger partial charge on any atom is -0.291 e. The van der Waals surface area contributed by atoms with Gasteiger partial charge >= 0.3 is 0 Å². The second-order valence-corrected chi connectivity index (χ2v) is 5.27. The average molecular weight is 302 g/mol. The Hall–Kier alpha value is -2.02. The molecule has 0 saturated heterocycles. The summed E-state index contributed by atoms with van der Waals surface area (Å²) in [6.07, 6.45) is 1.82. The molecular weight excluding hydrogens is 293 g/mol. The highest BCUT2D eigenvalue weighted by Crippen LogP contribution is 2.32. The predicted molar refractivity (Wildman–Crippen MR) is 80.1 cm³/mol. The van der Waals surface area contributed by atoms with Crippen molar-refractivity contribution in [1.29, 1.82) is 5.26 Å². The van der Waals surface area contributed by atoms with Crippen LogP contribution in [0.4, 0.5) is 0 Å². The number of benzene rings is 1. The fourth-order valence-corrected chi connectivity index (χ4v) is 2.68. The number of fused-ring (bicyclic) bond motifs is 1. The molecule has 0 unspecified atom stereocenters. The lowest BCUT2D eigenvalue weighted by molar-refractivity contribution is 1.14. The third kappa shape index (κ3) is 1.94. The molecule has 5 heteroatoms. The molecule has 2 aromatic heterocycles. The minimum absolute atomic E-state index is 0.466. The number of rotatable bonds is 1. The van der Waals surface area contributed by atoms with Crippen molar-refractivity contribution in [3.05, 3.63) is 57.8 Å². The molecule has 0 spiro atoms. The molecule has 20 heavy (non-hydrogen) atoms. The molecule has 0 aliphatic carbocycles. The monoisotopic (exact) mass is 301 g/mol. The number of halogens is 2. The lowest BCUT2D eigenvalue weighted by Crippen LogP contribution is -1.90. The fourth-order valence-electron chi connectivity index (χ4n) is 2.18. The van der Waals surface area contributed by atoms with E-state index in [1.807, 2.05) is 25.3 Å². The molecule has 0 radical (unpaired) electrons. The number of hydrogen-bond donors (Lipinski definition) is 0. The molecule has 98 valence electrons. The first-order valence-corrected chi connectivity index (χ1v) is 6.70. The minimum atomic E-state index is 0.466. The molecule has 0 N–H and O–H groups in total. The number of hydrogen-bond acceptors (Lipinski definition) is 2. The van der Waals surface area contributed by atoms with E-state index in [9.17, 15) is 5.26 Å². The van der Waals surface area contributed by atoms with Gasteiger partial charge in [0.1, 0.15) is 17.4 Å². The van der Waals surface area contributed by atoms with Crippen LogP contribution in [0.15, 0.2) is 36.5 Å². The highest BCUT2D eigenvalue weighted by Gasteiger charge is 2.17. The fraction of sp³-hybridized carbons (Fsp3) is 0.0667. The average Bonchev–Trinajstić information content (AvgIpc) is 2.78. The molecule has 0 atom stereocenters. The van der Waals surface area contributed by atoms with Gasteiger partial charge in [-0.3, -0.25) is 4.40 Å². The Labute approximate surface area is 126 Å². The smallest absolute Gasteiger partial charge is 0.152 e. The molecule has 0 amide bonds. The van der Waals surface area contributed by atoms with Gasteiger partial charge in [0.05, 0.1) is 5.02 Å². The highest BCUT2D eigenvalue weighted by molar-refractivity contribution is 6.36. The topological polar surface area (TPSA) is 41.1 Å².